The third kappa shape index (κ3) is 3.89. The molecule has 2 rings (SSSR count). The van der Waals surface area contributed by atoms with E-state index in [4.69, 9.17) is 4.52 Å². The van der Waals surface area contributed by atoms with Crippen LogP contribution in [0.15, 0.2) is 34.9 Å². The summed E-state index contributed by atoms with van der Waals surface area (Å²) in [4.78, 5) is 15.4. The van der Waals surface area contributed by atoms with Crippen molar-refractivity contribution >= 4 is 5.97 Å². The number of aliphatic carboxylic acids is 1. The maximum atomic E-state index is 11.3. The van der Waals surface area contributed by atoms with Crippen molar-refractivity contribution in [1.82, 2.24) is 15.5 Å². The van der Waals surface area contributed by atoms with Gasteiger partial charge in [0.15, 0.2) is 5.82 Å². The second kappa shape index (κ2) is 6.81. The Morgan fingerprint density at radius 1 is 1.40 bits per heavy atom. The smallest absolute Gasteiger partial charge is 0.312 e. The number of aromatic nitrogens is 2. The van der Waals surface area contributed by atoms with E-state index in [2.05, 4.69) is 15.5 Å². The number of rotatable bonds is 7. The van der Waals surface area contributed by atoms with Crippen molar-refractivity contribution in [3.05, 3.63) is 47.6 Å². The molecule has 0 aliphatic heterocycles. The number of benzene rings is 1. The van der Waals surface area contributed by atoms with Crippen molar-refractivity contribution in [3.63, 3.8) is 0 Å². The van der Waals surface area contributed by atoms with E-state index in [1.807, 2.05) is 30.3 Å². The monoisotopic (exact) mass is 275 g/mol. The summed E-state index contributed by atoms with van der Waals surface area (Å²) in [5.41, 5.74) is 0.794. The summed E-state index contributed by atoms with van der Waals surface area (Å²) < 4.78 is 4.87. The molecular weight excluding hydrogens is 258 g/mol. The Hall–Kier alpha value is -2.21. The van der Waals surface area contributed by atoms with Gasteiger partial charge in [-0.1, -0.05) is 35.5 Å². The molecule has 0 amide bonds. The van der Waals surface area contributed by atoms with Gasteiger partial charge < -0.3 is 14.9 Å². The topological polar surface area (TPSA) is 88.2 Å². The molecule has 6 nitrogen and oxygen atoms in total. The van der Waals surface area contributed by atoms with Crippen LogP contribution in [0.4, 0.5) is 0 Å². The molecule has 2 N–H and O–H groups in total. The van der Waals surface area contributed by atoms with Gasteiger partial charge in [-0.2, -0.15) is 4.98 Å². The lowest BCUT2D eigenvalue weighted by molar-refractivity contribution is -0.138. The Labute approximate surface area is 116 Å². The van der Waals surface area contributed by atoms with Crippen LogP contribution in [0.5, 0.6) is 0 Å². The molecule has 2 aromatic rings. The van der Waals surface area contributed by atoms with E-state index < -0.39 is 11.9 Å². The van der Waals surface area contributed by atoms with Crippen molar-refractivity contribution < 1.29 is 14.4 Å². The highest BCUT2D eigenvalue weighted by atomic mass is 16.5. The molecule has 0 aliphatic carbocycles. The van der Waals surface area contributed by atoms with E-state index in [1.54, 1.807) is 6.92 Å². The van der Waals surface area contributed by atoms with E-state index in [0.29, 0.717) is 31.2 Å². The number of hydrogen-bond acceptors (Lipinski definition) is 5. The minimum atomic E-state index is -0.834. The van der Waals surface area contributed by atoms with Crippen LogP contribution in [0.25, 0.3) is 0 Å². The van der Waals surface area contributed by atoms with Gasteiger partial charge in [0.05, 0.1) is 5.92 Å². The molecule has 1 atom stereocenters. The lowest BCUT2D eigenvalue weighted by Gasteiger charge is -2.13. The minimum Gasteiger partial charge on any atom is -0.481 e. The second-order valence-corrected chi connectivity index (χ2v) is 4.49. The molecule has 20 heavy (non-hydrogen) atoms. The molecule has 0 radical (unpaired) electrons. The van der Waals surface area contributed by atoms with Crippen molar-refractivity contribution in [2.45, 2.75) is 19.3 Å². The van der Waals surface area contributed by atoms with Crippen LogP contribution < -0.4 is 5.32 Å². The quantitative estimate of drug-likeness (QED) is 0.742. The lowest BCUT2D eigenvalue weighted by atomic mass is 9.99. The number of carbonyl (C=O) groups is 1. The molecule has 1 unspecified atom stereocenters. The average molecular weight is 275 g/mol. The maximum Gasteiger partial charge on any atom is 0.312 e. The first-order chi connectivity index (χ1) is 9.66. The first-order valence-electron chi connectivity index (χ1n) is 6.44. The van der Waals surface area contributed by atoms with E-state index >= 15 is 0 Å². The van der Waals surface area contributed by atoms with E-state index in [0.717, 1.165) is 5.56 Å². The third-order valence-electron chi connectivity index (χ3n) is 2.94. The zero-order chi connectivity index (χ0) is 14.4. The van der Waals surface area contributed by atoms with Crippen LogP contribution >= 0.6 is 0 Å². The molecule has 6 heteroatoms. The summed E-state index contributed by atoms with van der Waals surface area (Å²) in [5.74, 6) is -0.225. The Morgan fingerprint density at radius 3 is 2.75 bits per heavy atom. The molecule has 106 valence electrons. The second-order valence-electron chi connectivity index (χ2n) is 4.49. The predicted molar refractivity (Wildman–Crippen MR) is 72.4 cm³/mol. The fraction of sp³-hybridized carbons (Fsp3) is 0.357. The molecule has 0 saturated carbocycles. The van der Waals surface area contributed by atoms with Gasteiger partial charge in [-0.3, -0.25) is 4.79 Å². The summed E-state index contributed by atoms with van der Waals surface area (Å²) in [6.07, 6.45) is 0.610. The molecule has 0 saturated heterocycles. The molecule has 0 spiro atoms. The summed E-state index contributed by atoms with van der Waals surface area (Å²) in [7, 11) is 0. The van der Waals surface area contributed by atoms with Crippen LogP contribution in [0, 0.1) is 6.92 Å². The van der Waals surface area contributed by atoms with Gasteiger partial charge in [-0.05, 0) is 5.56 Å². The number of aryl methyl sites for hydroxylation is 1. The summed E-state index contributed by atoms with van der Waals surface area (Å²) in [6.45, 7) is 2.71. The molecule has 0 aliphatic rings. The summed E-state index contributed by atoms with van der Waals surface area (Å²) >= 11 is 0. The van der Waals surface area contributed by atoms with Gasteiger partial charge in [0, 0.05) is 26.4 Å². The van der Waals surface area contributed by atoms with E-state index in [1.165, 1.54) is 0 Å². The molecule has 1 heterocycles. The highest BCUT2D eigenvalue weighted by Gasteiger charge is 2.18. The first kappa shape index (κ1) is 14.2. The van der Waals surface area contributed by atoms with Crippen molar-refractivity contribution in [2.24, 2.45) is 0 Å². The maximum absolute atomic E-state index is 11.3. The number of nitrogens with zero attached hydrogens (tertiary/aromatic N) is 2. The fourth-order valence-corrected chi connectivity index (χ4v) is 1.92. The Kier molecular flexibility index (Phi) is 4.84. The van der Waals surface area contributed by atoms with E-state index in [-0.39, 0.29) is 0 Å². The number of carboxylic acids is 1. The van der Waals surface area contributed by atoms with Crippen LogP contribution in [-0.4, -0.2) is 34.3 Å². The zero-order valence-electron chi connectivity index (χ0n) is 11.2. The minimum absolute atomic E-state index is 0.371. The fourth-order valence-electron chi connectivity index (χ4n) is 1.92. The largest absolute Gasteiger partial charge is 0.481 e. The van der Waals surface area contributed by atoms with Crippen LogP contribution in [0.1, 0.15) is 23.2 Å². The van der Waals surface area contributed by atoms with Gasteiger partial charge in [0.2, 0.25) is 5.89 Å². The highest BCUT2D eigenvalue weighted by molar-refractivity contribution is 5.76. The standard InChI is InChI=1S/C14H17N3O3/c1-10-16-13(17-20-10)7-8-15-9-12(14(18)19)11-5-3-2-4-6-11/h2-6,12,15H,7-9H2,1H3,(H,18,19). The van der Waals surface area contributed by atoms with Crippen LogP contribution in [0.2, 0.25) is 0 Å². The molecule has 1 aromatic heterocycles. The van der Waals surface area contributed by atoms with Gasteiger partial charge >= 0.3 is 5.97 Å². The normalized spacial score (nSPS) is 12.2. The number of hydrogen-bond donors (Lipinski definition) is 2. The first-order valence-corrected chi connectivity index (χ1v) is 6.44. The van der Waals surface area contributed by atoms with Crippen LogP contribution in [-0.2, 0) is 11.2 Å². The van der Waals surface area contributed by atoms with Gasteiger partial charge in [-0.15, -0.1) is 0 Å². The third-order valence-corrected chi connectivity index (χ3v) is 2.94. The zero-order valence-corrected chi connectivity index (χ0v) is 11.2. The van der Waals surface area contributed by atoms with Gasteiger partial charge in [0.1, 0.15) is 0 Å². The molecule has 0 bridgehead atoms. The van der Waals surface area contributed by atoms with Gasteiger partial charge in [0.25, 0.3) is 0 Å². The number of nitrogens with one attached hydrogen (secondary N) is 1. The van der Waals surface area contributed by atoms with Crippen molar-refractivity contribution in [2.75, 3.05) is 13.1 Å². The summed E-state index contributed by atoms with van der Waals surface area (Å²) in [5, 5.41) is 16.2. The SMILES string of the molecule is Cc1nc(CCNCC(C(=O)O)c2ccccc2)no1. The molecule has 1 aromatic carbocycles. The van der Waals surface area contributed by atoms with Crippen molar-refractivity contribution in [1.29, 1.82) is 0 Å². The van der Waals surface area contributed by atoms with E-state index in [9.17, 15) is 9.90 Å². The van der Waals surface area contributed by atoms with Crippen LogP contribution in [0.3, 0.4) is 0 Å². The average Bonchev–Trinajstić information content (AvgIpc) is 2.85. The Bertz CT molecular complexity index is 554. The van der Waals surface area contributed by atoms with Gasteiger partial charge in [-0.25, -0.2) is 0 Å². The summed E-state index contributed by atoms with van der Waals surface area (Å²) in [6, 6.07) is 9.20. The molecular formula is C14H17N3O3. The Morgan fingerprint density at radius 2 is 2.15 bits per heavy atom. The number of carboxylic acid groups (broad SMARTS) is 1. The highest BCUT2D eigenvalue weighted by Crippen LogP contribution is 2.14. The predicted octanol–water partition coefficient (Wildman–Crippen LogP) is 1.38. The van der Waals surface area contributed by atoms with Crippen molar-refractivity contribution in [3.8, 4) is 0 Å². The Balaban J connectivity index is 1.83. The lowest BCUT2D eigenvalue weighted by Crippen LogP contribution is -2.28. The molecule has 0 fully saturated rings.